The largest absolute Gasteiger partial charge is 0.394 e. The first-order valence-corrected chi connectivity index (χ1v) is 5.99. The molecule has 0 aliphatic rings. The van der Waals surface area contributed by atoms with Crippen LogP contribution in [0, 0.1) is 6.92 Å². The van der Waals surface area contributed by atoms with E-state index in [4.69, 9.17) is 9.84 Å². The smallest absolute Gasteiger partial charge is 0.238 e. The number of aliphatic hydroxyl groups is 1. The van der Waals surface area contributed by atoms with Crippen molar-refractivity contribution >= 4 is 11.6 Å². The highest BCUT2D eigenvalue weighted by molar-refractivity contribution is 5.92. The molecular weight excluding hydrogens is 232 g/mol. The number of rotatable bonds is 8. The first-order chi connectivity index (χ1) is 8.74. The standard InChI is InChI=1S/C13H20N2O3/c1-11-4-2-3-5-12(11)15-13(17)10-14-6-8-18-9-7-16/h2-5,14,16H,6-10H2,1H3,(H,15,17). The maximum absolute atomic E-state index is 11.6. The first kappa shape index (κ1) is 14.6. The molecule has 0 saturated heterocycles. The number of anilines is 1. The summed E-state index contributed by atoms with van der Waals surface area (Å²) >= 11 is 0. The van der Waals surface area contributed by atoms with E-state index in [1.54, 1.807) is 0 Å². The van der Waals surface area contributed by atoms with Crippen LogP contribution in [0.25, 0.3) is 0 Å². The minimum atomic E-state index is -0.0774. The Kier molecular flexibility index (Phi) is 7.01. The van der Waals surface area contributed by atoms with E-state index in [0.29, 0.717) is 19.8 Å². The highest BCUT2D eigenvalue weighted by Gasteiger charge is 2.03. The molecule has 100 valence electrons. The second-order valence-electron chi connectivity index (χ2n) is 3.88. The van der Waals surface area contributed by atoms with Crippen LogP contribution in [0.1, 0.15) is 5.56 Å². The van der Waals surface area contributed by atoms with E-state index in [0.717, 1.165) is 11.3 Å². The van der Waals surface area contributed by atoms with Crippen LogP contribution in [-0.2, 0) is 9.53 Å². The van der Waals surface area contributed by atoms with Gasteiger partial charge in [0.25, 0.3) is 0 Å². The van der Waals surface area contributed by atoms with E-state index in [2.05, 4.69) is 10.6 Å². The molecule has 0 aliphatic heterocycles. The Morgan fingerprint density at radius 1 is 1.33 bits per heavy atom. The zero-order valence-corrected chi connectivity index (χ0v) is 10.6. The maximum atomic E-state index is 11.6. The van der Waals surface area contributed by atoms with Crippen molar-refractivity contribution in [3.05, 3.63) is 29.8 Å². The quantitative estimate of drug-likeness (QED) is 0.590. The number of nitrogens with one attached hydrogen (secondary N) is 2. The highest BCUT2D eigenvalue weighted by Crippen LogP contribution is 2.12. The van der Waals surface area contributed by atoms with Gasteiger partial charge in [0.2, 0.25) is 5.91 Å². The Labute approximate surface area is 107 Å². The van der Waals surface area contributed by atoms with E-state index < -0.39 is 0 Å². The molecule has 1 rings (SSSR count). The van der Waals surface area contributed by atoms with Crippen LogP contribution in [0.5, 0.6) is 0 Å². The van der Waals surface area contributed by atoms with E-state index in [-0.39, 0.29) is 19.1 Å². The lowest BCUT2D eigenvalue weighted by molar-refractivity contribution is -0.115. The summed E-state index contributed by atoms with van der Waals surface area (Å²) in [5.41, 5.74) is 1.87. The number of hydrogen-bond acceptors (Lipinski definition) is 4. The Balaban J connectivity index is 2.16. The van der Waals surface area contributed by atoms with Gasteiger partial charge in [0, 0.05) is 12.2 Å². The van der Waals surface area contributed by atoms with Crippen LogP contribution in [-0.4, -0.2) is 43.9 Å². The van der Waals surface area contributed by atoms with Crippen molar-refractivity contribution in [3.63, 3.8) is 0 Å². The van der Waals surface area contributed by atoms with Crippen molar-refractivity contribution in [2.75, 3.05) is 38.2 Å². The second kappa shape index (κ2) is 8.63. The molecule has 0 aliphatic carbocycles. The monoisotopic (exact) mass is 252 g/mol. The minimum Gasteiger partial charge on any atom is -0.394 e. The van der Waals surface area contributed by atoms with Gasteiger partial charge < -0.3 is 20.5 Å². The molecule has 0 atom stereocenters. The SMILES string of the molecule is Cc1ccccc1NC(=O)CNCCOCCO. The maximum Gasteiger partial charge on any atom is 0.238 e. The van der Waals surface area contributed by atoms with Crippen molar-refractivity contribution in [1.82, 2.24) is 5.32 Å². The van der Waals surface area contributed by atoms with E-state index in [1.165, 1.54) is 0 Å². The van der Waals surface area contributed by atoms with Crippen molar-refractivity contribution in [1.29, 1.82) is 0 Å². The number of carbonyl (C=O) groups excluding carboxylic acids is 1. The molecule has 0 spiro atoms. The number of hydrogen-bond donors (Lipinski definition) is 3. The predicted molar refractivity (Wildman–Crippen MR) is 70.6 cm³/mol. The summed E-state index contributed by atoms with van der Waals surface area (Å²) in [6.07, 6.45) is 0. The normalized spacial score (nSPS) is 10.3. The second-order valence-corrected chi connectivity index (χ2v) is 3.88. The number of ether oxygens (including phenoxy) is 1. The van der Waals surface area contributed by atoms with Crippen LogP contribution in [0.2, 0.25) is 0 Å². The molecule has 3 N–H and O–H groups in total. The van der Waals surface area contributed by atoms with Gasteiger partial charge in [0.05, 0.1) is 26.4 Å². The Bertz CT molecular complexity index is 369. The number of para-hydroxylation sites is 1. The summed E-state index contributed by atoms with van der Waals surface area (Å²) in [7, 11) is 0. The van der Waals surface area contributed by atoms with Gasteiger partial charge >= 0.3 is 0 Å². The average Bonchev–Trinajstić information content (AvgIpc) is 2.36. The first-order valence-electron chi connectivity index (χ1n) is 5.99. The molecule has 1 amide bonds. The molecule has 0 fully saturated rings. The molecule has 18 heavy (non-hydrogen) atoms. The Morgan fingerprint density at radius 2 is 2.11 bits per heavy atom. The molecule has 0 bridgehead atoms. The molecule has 0 saturated carbocycles. The molecule has 0 heterocycles. The number of aliphatic hydroxyl groups excluding tert-OH is 1. The van der Waals surface area contributed by atoms with E-state index >= 15 is 0 Å². The van der Waals surface area contributed by atoms with Crippen LogP contribution in [0.15, 0.2) is 24.3 Å². The molecule has 0 radical (unpaired) electrons. The van der Waals surface area contributed by atoms with Gasteiger partial charge in [0.15, 0.2) is 0 Å². The lowest BCUT2D eigenvalue weighted by Crippen LogP contribution is -2.30. The summed E-state index contributed by atoms with van der Waals surface area (Å²) < 4.78 is 5.06. The van der Waals surface area contributed by atoms with E-state index in [9.17, 15) is 4.79 Å². The Hall–Kier alpha value is -1.43. The van der Waals surface area contributed by atoms with Gasteiger partial charge in [-0.05, 0) is 18.6 Å². The molecule has 5 nitrogen and oxygen atoms in total. The summed E-state index contributed by atoms with van der Waals surface area (Å²) in [5, 5.41) is 14.3. The fourth-order valence-corrected chi connectivity index (χ4v) is 1.42. The van der Waals surface area contributed by atoms with Crippen LogP contribution in [0.3, 0.4) is 0 Å². The number of amides is 1. The summed E-state index contributed by atoms with van der Waals surface area (Å²) in [6.45, 7) is 3.62. The fourth-order valence-electron chi connectivity index (χ4n) is 1.42. The van der Waals surface area contributed by atoms with Crippen molar-refractivity contribution in [3.8, 4) is 0 Å². The minimum absolute atomic E-state index is 0.0216. The lowest BCUT2D eigenvalue weighted by Gasteiger charge is -2.09. The third-order valence-corrected chi connectivity index (χ3v) is 2.36. The van der Waals surface area contributed by atoms with Crippen molar-refractivity contribution in [2.24, 2.45) is 0 Å². The number of carbonyl (C=O) groups is 1. The molecule has 0 aromatic heterocycles. The predicted octanol–water partition coefficient (Wildman–Crippen LogP) is 0.532. The number of benzene rings is 1. The molecular formula is C13H20N2O3. The van der Waals surface area contributed by atoms with Crippen LogP contribution in [0.4, 0.5) is 5.69 Å². The van der Waals surface area contributed by atoms with Gasteiger partial charge in [-0.25, -0.2) is 0 Å². The van der Waals surface area contributed by atoms with Crippen molar-refractivity contribution < 1.29 is 14.6 Å². The van der Waals surface area contributed by atoms with Gasteiger partial charge in [-0.2, -0.15) is 0 Å². The van der Waals surface area contributed by atoms with Crippen LogP contribution >= 0.6 is 0 Å². The van der Waals surface area contributed by atoms with Gasteiger partial charge in [-0.3, -0.25) is 4.79 Å². The fraction of sp³-hybridized carbons (Fsp3) is 0.462. The van der Waals surface area contributed by atoms with Gasteiger partial charge in [-0.1, -0.05) is 18.2 Å². The lowest BCUT2D eigenvalue weighted by atomic mass is 10.2. The summed E-state index contributed by atoms with van der Waals surface area (Å²) in [4.78, 5) is 11.6. The molecule has 5 heteroatoms. The Morgan fingerprint density at radius 3 is 2.83 bits per heavy atom. The summed E-state index contributed by atoms with van der Waals surface area (Å²) in [5.74, 6) is -0.0774. The van der Waals surface area contributed by atoms with Gasteiger partial charge in [-0.15, -0.1) is 0 Å². The summed E-state index contributed by atoms with van der Waals surface area (Å²) in [6, 6.07) is 7.64. The van der Waals surface area contributed by atoms with Crippen LogP contribution < -0.4 is 10.6 Å². The molecule has 1 aromatic rings. The van der Waals surface area contributed by atoms with Gasteiger partial charge in [0.1, 0.15) is 0 Å². The molecule has 0 unspecified atom stereocenters. The highest BCUT2D eigenvalue weighted by atomic mass is 16.5. The van der Waals surface area contributed by atoms with E-state index in [1.807, 2.05) is 31.2 Å². The average molecular weight is 252 g/mol. The number of aryl methyl sites for hydroxylation is 1. The third-order valence-electron chi connectivity index (χ3n) is 2.36. The van der Waals surface area contributed by atoms with Crippen molar-refractivity contribution in [2.45, 2.75) is 6.92 Å². The zero-order valence-electron chi connectivity index (χ0n) is 10.6. The molecule has 1 aromatic carbocycles. The zero-order chi connectivity index (χ0) is 13.2. The topological polar surface area (TPSA) is 70.6 Å². The third kappa shape index (κ3) is 5.77.